The maximum absolute atomic E-state index is 12.6. The topological polar surface area (TPSA) is 91.7 Å². The second-order valence-corrected chi connectivity index (χ2v) is 7.54. The van der Waals surface area contributed by atoms with Gasteiger partial charge in [-0.3, -0.25) is 14.4 Å². The molecule has 0 spiro atoms. The molecule has 0 aliphatic carbocycles. The molecule has 30 heavy (non-hydrogen) atoms. The third-order valence-electron chi connectivity index (χ3n) is 4.25. The molecule has 154 valence electrons. The molecule has 0 bridgehead atoms. The first-order valence-corrected chi connectivity index (χ1v) is 9.88. The molecule has 2 N–H and O–H groups in total. The lowest BCUT2D eigenvalue weighted by molar-refractivity contribution is -0.127. The lowest BCUT2D eigenvalue weighted by Crippen LogP contribution is -2.23. The molecule has 3 rings (SSSR count). The highest BCUT2D eigenvalue weighted by molar-refractivity contribution is 9.10. The summed E-state index contributed by atoms with van der Waals surface area (Å²) in [5.74, 6) is -0.567. The van der Waals surface area contributed by atoms with Gasteiger partial charge < -0.3 is 20.0 Å². The van der Waals surface area contributed by atoms with Crippen molar-refractivity contribution in [3.8, 4) is 0 Å². The molecule has 0 aliphatic heterocycles. The number of nitrogens with one attached hydrogen (secondary N) is 2. The molecule has 0 saturated carbocycles. The summed E-state index contributed by atoms with van der Waals surface area (Å²) in [7, 11) is 3.42. The standard InChI is InChI=1S/C22H20BrN3O4/c1-26(2)20(27)12-14-6-8-16(9-7-14)24-21(28)15-4-3-5-17(13-15)25-22(29)18-10-11-19(23)30-18/h3-11,13H,12H2,1-2H3,(H,24,28)(H,25,29). The van der Waals surface area contributed by atoms with E-state index in [0.29, 0.717) is 28.0 Å². The largest absolute Gasteiger partial charge is 0.444 e. The zero-order chi connectivity index (χ0) is 21.7. The molecule has 3 amide bonds. The van der Waals surface area contributed by atoms with Crippen molar-refractivity contribution in [2.75, 3.05) is 24.7 Å². The van der Waals surface area contributed by atoms with Gasteiger partial charge >= 0.3 is 0 Å². The molecule has 1 aromatic heterocycles. The van der Waals surface area contributed by atoms with Gasteiger partial charge in [-0.15, -0.1) is 0 Å². The summed E-state index contributed by atoms with van der Waals surface area (Å²) in [6.45, 7) is 0. The van der Waals surface area contributed by atoms with E-state index in [-0.39, 0.29) is 17.6 Å². The summed E-state index contributed by atoms with van der Waals surface area (Å²) in [6, 6.07) is 16.9. The van der Waals surface area contributed by atoms with Crippen LogP contribution in [0.4, 0.5) is 11.4 Å². The van der Waals surface area contributed by atoms with Gasteiger partial charge in [0.2, 0.25) is 5.91 Å². The van der Waals surface area contributed by atoms with Crippen molar-refractivity contribution in [3.63, 3.8) is 0 Å². The van der Waals surface area contributed by atoms with Crippen LogP contribution in [0.2, 0.25) is 0 Å². The number of carbonyl (C=O) groups excluding carboxylic acids is 3. The zero-order valence-corrected chi connectivity index (χ0v) is 18.0. The quantitative estimate of drug-likeness (QED) is 0.566. The Bertz CT molecular complexity index is 1070. The molecule has 0 saturated heterocycles. The lowest BCUT2D eigenvalue weighted by Gasteiger charge is -2.11. The van der Waals surface area contributed by atoms with E-state index < -0.39 is 5.91 Å². The van der Waals surface area contributed by atoms with E-state index in [9.17, 15) is 14.4 Å². The Hall–Kier alpha value is -3.39. The first-order chi connectivity index (χ1) is 14.3. The molecule has 7 nitrogen and oxygen atoms in total. The third kappa shape index (κ3) is 5.57. The molecule has 1 heterocycles. The first kappa shape index (κ1) is 21.3. The molecular formula is C22H20BrN3O4. The number of amides is 3. The Morgan fingerprint density at radius 2 is 1.60 bits per heavy atom. The monoisotopic (exact) mass is 469 g/mol. The van der Waals surface area contributed by atoms with Crippen LogP contribution in [-0.2, 0) is 11.2 Å². The summed E-state index contributed by atoms with van der Waals surface area (Å²) >= 11 is 3.15. The van der Waals surface area contributed by atoms with E-state index >= 15 is 0 Å². The van der Waals surface area contributed by atoms with Crippen LogP contribution in [-0.4, -0.2) is 36.7 Å². The van der Waals surface area contributed by atoms with Gasteiger partial charge in [-0.1, -0.05) is 18.2 Å². The normalized spacial score (nSPS) is 10.4. The van der Waals surface area contributed by atoms with E-state index in [1.165, 1.54) is 4.90 Å². The molecule has 0 fully saturated rings. The van der Waals surface area contributed by atoms with Crippen LogP contribution in [0.25, 0.3) is 0 Å². The smallest absolute Gasteiger partial charge is 0.291 e. The fraction of sp³-hybridized carbons (Fsp3) is 0.136. The van der Waals surface area contributed by atoms with Crippen molar-refractivity contribution in [3.05, 3.63) is 82.2 Å². The Morgan fingerprint density at radius 3 is 2.23 bits per heavy atom. The summed E-state index contributed by atoms with van der Waals surface area (Å²) in [6.07, 6.45) is 0.301. The van der Waals surface area contributed by atoms with Gasteiger partial charge in [-0.05, 0) is 64.0 Å². The zero-order valence-electron chi connectivity index (χ0n) is 16.4. The molecule has 8 heteroatoms. The van der Waals surface area contributed by atoms with E-state index in [4.69, 9.17) is 4.42 Å². The Labute approximate surface area is 182 Å². The van der Waals surface area contributed by atoms with Gasteiger partial charge in [0, 0.05) is 31.0 Å². The Morgan fingerprint density at radius 1 is 0.900 bits per heavy atom. The van der Waals surface area contributed by atoms with Crippen molar-refractivity contribution in [2.24, 2.45) is 0 Å². The van der Waals surface area contributed by atoms with Crippen LogP contribution in [0.15, 0.2) is 69.8 Å². The second-order valence-electron chi connectivity index (χ2n) is 6.75. The average Bonchev–Trinajstić information content (AvgIpc) is 3.16. The van der Waals surface area contributed by atoms with Gasteiger partial charge in [0.25, 0.3) is 11.8 Å². The number of hydrogen-bond donors (Lipinski definition) is 2. The lowest BCUT2D eigenvalue weighted by atomic mass is 10.1. The van der Waals surface area contributed by atoms with Crippen LogP contribution < -0.4 is 10.6 Å². The van der Waals surface area contributed by atoms with Crippen LogP contribution >= 0.6 is 15.9 Å². The van der Waals surface area contributed by atoms with Crippen molar-refractivity contribution >= 4 is 45.0 Å². The maximum Gasteiger partial charge on any atom is 0.291 e. The van der Waals surface area contributed by atoms with E-state index in [0.717, 1.165) is 5.56 Å². The molecule has 0 atom stereocenters. The second kappa shape index (κ2) is 9.41. The number of carbonyl (C=O) groups is 3. The Balaban J connectivity index is 1.63. The van der Waals surface area contributed by atoms with E-state index in [2.05, 4.69) is 26.6 Å². The minimum Gasteiger partial charge on any atom is -0.444 e. The molecule has 0 unspecified atom stereocenters. The van der Waals surface area contributed by atoms with Crippen LogP contribution in [0.1, 0.15) is 26.5 Å². The van der Waals surface area contributed by atoms with Crippen LogP contribution in [0.3, 0.4) is 0 Å². The van der Waals surface area contributed by atoms with Crippen molar-refractivity contribution < 1.29 is 18.8 Å². The highest BCUT2D eigenvalue weighted by atomic mass is 79.9. The molecule has 0 aliphatic rings. The van der Waals surface area contributed by atoms with E-state index in [1.54, 1.807) is 74.8 Å². The molecule has 0 radical (unpaired) electrons. The predicted octanol–water partition coefficient (Wildman–Crippen LogP) is 4.18. The SMILES string of the molecule is CN(C)C(=O)Cc1ccc(NC(=O)c2cccc(NC(=O)c3ccc(Br)o3)c2)cc1. The average molecular weight is 470 g/mol. The summed E-state index contributed by atoms with van der Waals surface area (Å²) < 4.78 is 5.68. The molecular weight excluding hydrogens is 450 g/mol. The summed E-state index contributed by atoms with van der Waals surface area (Å²) in [5.41, 5.74) is 2.33. The van der Waals surface area contributed by atoms with Crippen molar-refractivity contribution in [1.82, 2.24) is 4.90 Å². The fourth-order valence-electron chi connectivity index (χ4n) is 2.61. The number of furan rings is 1. The highest BCUT2D eigenvalue weighted by Crippen LogP contribution is 2.18. The third-order valence-corrected chi connectivity index (χ3v) is 4.67. The van der Waals surface area contributed by atoms with Crippen molar-refractivity contribution in [2.45, 2.75) is 6.42 Å². The van der Waals surface area contributed by atoms with Gasteiger partial charge in [0.05, 0.1) is 6.42 Å². The molecule has 3 aromatic rings. The number of likely N-dealkylation sites (N-methyl/N-ethyl adjacent to an activating group) is 1. The number of halogens is 1. The van der Waals surface area contributed by atoms with Gasteiger partial charge in [-0.25, -0.2) is 0 Å². The predicted molar refractivity (Wildman–Crippen MR) is 118 cm³/mol. The number of hydrogen-bond acceptors (Lipinski definition) is 4. The first-order valence-electron chi connectivity index (χ1n) is 9.09. The fourth-order valence-corrected chi connectivity index (χ4v) is 2.92. The molecule has 2 aromatic carbocycles. The number of rotatable bonds is 6. The summed E-state index contributed by atoms with van der Waals surface area (Å²) in [4.78, 5) is 38.1. The van der Waals surface area contributed by atoms with Gasteiger partial charge in [0.15, 0.2) is 10.4 Å². The minimum atomic E-state index is -0.416. The van der Waals surface area contributed by atoms with Gasteiger partial charge in [-0.2, -0.15) is 0 Å². The van der Waals surface area contributed by atoms with Crippen molar-refractivity contribution in [1.29, 1.82) is 0 Å². The summed E-state index contributed by atoms with van der Waals surface area (Å²) in [5, 5.41) is 5.50. The van der Waals surface area contributed by atoms with Gasteiger partial charge in [0.1, 0.15) is 0 Å². The number of anilines is 2. The van der Waals surface area contributed by atoms with E-state index in [1.807, 2.05) is 0 Å². The number of benzene rings is 2. The van der Waals surface area contributed by atoms with Crippen LogP contribution in [0.5, 0.6) is 0 Å². The minimum absolute atomic E-state index is 0.00699. The highest BCUT2D eigenvalue weighted by Gasteiger charge is 2.13. The maximum atomic E-state index is 12.6. The van der Waals surface area contributed by atoms with Crippen LogP contribution in [0, 0.1) is 0 Å². The Kier molecular flexibility index (Phi) is 6.68. The number of nitrogens with zero attached hydrogens (tertiary/aromatic N) is 1.